The number of nitrogens with zero attached hydrogens (tertiary/aromatic N) is 3. The third kappa shape index (κ3) is 5.63. The van der Waals surface area contributed by atoms with Gasteiger partial charge in [-0.15, -0.1) is 0 Å². The third-order valence-corrected chi connectivity index (χ3v) is 5.49. The number of imidazole rings is 1. The number of hydrogen-bond donors (Lipinski definition) is 3. The molecule has 0 aliphatic heterocycles. The Morgan fingerprint density at radius 1 is 1.28 bits per heavy atom. The average molecular weight is 440 g/mol. The maximum absolute atomic E-state index is 11.8. The summed E-state index contributed by atoms with van der Waals surface area (Å²) >= 11 is 0. The second kappa shape index (κ2) is 10.1. The molecule has 0 fully saturated rings. The molecule has 0 aliphatic carbocycles. The maximum Gasteiger partial charge on any atom is 0.320 e. The molecule has 0 radical (unpaired) electrons. The Labute approximate surface area is 188 Å². The Kier molecular flexibility index (Phi) is 7.48. The molecule has 0 unspecified atom stereocenters. The standard InChI is InChI=1S/C24H33N5O3/c1-15(2)10-20(24(31)32)25-13-17-6-7-21-19(12-17)27-22(29(21)9-8-28(4)5)18-11-16(3)23(30)26-14-18/h6-7,11-12,14-15,20,25H,8-10,13H2,1-5H3,(H,26,30)(H,31,32)/t20-/m0/s1. The Morgan fingerprint density at radius 2 is 2.03 bits per heavy atom. The van der Waals surface area contributed by atoms with Crippen molar-refractivity contribution in [2.45, 2.75) is 46.3 Å². The summed E-state index contributed by atoms with van der Waals surface area (Å²) in [4.78, 5) is 33.2. The van der Waals surface area contributed by atoms with E-state index in [9.17, 15) is 14.7 Å². The lowest BCUT2D eigenvalue weighted by molar-refractivity contribution is -0.140. The molecule has 0 amide bonds. The molecular weight excluding hydrogens is 406 g/mol. The molecule has 2 heterocycles. The fraction of sp³-hybridized carbons (Fsp3) is 0.458. The zero-order chi connectivity index (χ0) is 23.4. The summed E-state index contributed by atoms with van der Waals surface area (Å²) in [6.45, 7) is 7.88. The smallest absolute Gasteiger partial charge is 0.320 e. The van der Waals surface area contributed by atoms with Crippen molar-refractivity contribution in [3.8, 4) is 11.4 Å². The molecule has 3 rings (SSSR count). The molecular formula is C24H33N5O3. The number of benzene rings is 1. The number of pyridine rings is 1. The lowest BCUT2D eigenvalue weighted by Gasteiger charge is -2.16. The lowest BCUT2D eigenvalue weighted by atomic mass is 10.0. The summed E-state index contributed by atoms with van der Waals surface area (Å²) in [6, 6.07) is 7.33. The van der Waals surface area contributed by atoms with E-state index in [0.29, 0.717) is 24.4 Å². The molecule has 1 aromatic carbocycles. The molecule has 0 saturated heterocycles. The van der Waals surface area contributed by atoms with Gasteiger partial charge in [0.1, 0.15) is 11.9 Å². The Bertz CT molecular complexity index is 1150. The van der Waals surface area contributed by atoms with Crippen molar-refractivity contribution in [1.29, 1.82) is 0 Å². The average Bonchev–Trinajstić information content (AvgIpc) is 3.08. The molecule has 3 N–H and O–H groups in total. The molecule has 1 atom stereocenters. The van der Waals surface area contributed by atoms with Crippen LogP contribution in [0.5, 0.6) is 0 Å². The van der Waals surface area contributed by atoms with Gasteiger partial charge in [0.15, 0.2) is 0 Å². The van der Waals surface area contributed by atoms with Gasteiger partial charge in [-0.2, -0.15) is 0 Å². The number of rotatable bonds is 10. The predicted molar refractivity (Wildman–Crippen MR) is 127 cm³/mol. The molecule has 0 aliphatic rings. The van der Waals surface area contributed by atoms with Gasteiger partial charge in [-0.25, -0.2) is 4.98 Å². The zero-order valence-electron chi connectivity index (χ0n) is 19.5. The number of likely N-dealkylation sites (N-methyl/N-ethyl adjacent to an activating group) is 1. The number of aromatic nitrogens is 3. The molecule has 32 heavy (non-hydrogen) atoms. The summed E-state index contributed by atoms with van der Waals surface area (Å²) in [6.07, 6.45) is 2.28. The van der Waals surface area contributed by atoms with Gasteiger partial charge in [-0.05, 0) is 57.1 Å². The van der Waals surface area contributed by atoms with E-state index in [2.05, 4.69) is 19.8 Å². The Hall–Kier alpha value is -2.97. The number of fused-ring (bicyclic) bond motifs is 1. The van der Waals surface area contributed by atoms with Crippen molar-refractivity contribution in [3.63, 3.8) is 0 Å². The minimum Gasteiger partial charge on any atom is -0.480 e. The first kappa shape index (κ1) is 23.7. The lowest BCUT2D eigenvalue weighted by Crippen LogP contribution is -2.37. The fourth-order valence-corrected chi connectivity index (χ4v) is 3.74. The van der Waals surface area contributed by atoms with Gasteiger partial charge in [0.25, 0.3) is 5.56 Å². The van der Waals surface area contributed by atoms with Crippen LogP contribution >= 0.6 is 0 Å². The van der Waals surface area contributed by atoms with Crippen LogP contribution in [0.25, 0.3) is 22.4 Å². The molecule has 0 bridgehead atoms. The monoisotopic (exact) mass is 439 g/mol. The maximum atomic E-state index is 11.8. The van der Waals surface area contributed by atoms with Gasteiger partial charge in [0.05, 0.1) is 11.0 Å². The van der Waals surface area contributed by atoms with Crippen LogP contribution in [0.3, 0.4) is 0 Å². The van der Waals surface area contributed by atoms with Crippen LogP contribution in [0.1, 0.15) is 31.4 Å². The van der Waals surface area contributed by atoms with Crippen LogP contribution in [-0.2, 0) is 17.9 Å². The summed E-state index contributed by atoms with van der Waals surface area (Å²) in [5, 5.41) is 12.6. The zero-order valence-corrected chi connectivity index (χ0v) is 19.5. The van der Waals surface area contributed by atoms with Crippen molar-refractivity contribution in [2.24, 2.45) is 5.92 Å². The predicted octanol–water partition coefficient (Wildman–Crippen LogP) is 2.85. The molecule has 0 saturated carbocycles. The van der Waals surface area contributed by atoms with Gasteiger partial charge in [0.2, 0.25) is 0 Å². The molecule has 8 nitrogen and oxygen atoms in total. The topological polar surface area (TPSA) is 103 Å². The van der Waals surface area contributed by atoms with Crippen LogP contribution in [0.4, 0.5) is 0 Å². The van der Waals surface area contributed by atoms with Crippen molar-refractivity contribution < 1.29 is 9.90 Å². The number of aryl methyl sites for hydroxylation is 1. The van der Waals surface area contributed by atoms with E-state index in [4.69, 9.17) is 4.98 Å². The SMILES string of the molecule is Cc1cc(-c2nc3cc(CN[C@@H](CC(C)C)C(=O)O)ccc3n2CCN(C)C)c[nH]c1=O. The number of aliphatic carboxylic acids is 1. The number of aromatic amines is 1. The highest BCUT2D eigenvalue weighted by atomic mass is 16.4. The summed E-state index contributed by atoms with van der Waals surface area (Å²) in [5.74, 6) is 0.264. The number of hydrogen-bond acceptors (Lipinski definition) is 5. The first-order valence-electron chi connectivity index (χ1n) is 11.0. The van der Waals surface area contributed by atoms with E-state index < -0.39 is 12.0 Å². The Morgan fingerprint density at radius 3 is 2.66 bits per heavy atom. The van der Waals surface area contributed by atoms with E-state index in [-0.39, 0.29) is 5.56 Å². The number of carbonyl (C=O) groups is 1. The second-order valence-electron chi connectivity index (χ2n) is 9.02. The normalized spacial score (nSPS) is 12.7. The molecule has 172 valence electrons. The van der Waals surface area contributed by atoms with E-state index in [0.717, 1.165) is 41.1 Å². The van der Waals surface area contributed by atoms with Crippen LogP contribution in [0, 0.1) is 12.8 Å². The van der Waals surface area contributed by atoms with Crippen LogP contribution < -0.4 is 10.9 Å². The number of carboxylic acids is 1. The van der Waals surface area contributed by atoms with Crippen molar-refractivity contribution in [1.82, 2.24) is 24.8 Å². The first-order valence-corrected chi connectivity index (χ1v) is 11.0. The van der Waals surface area contributed by atoms with Gasteiger partial charge in [0, 0.05) is 37.0 Å². The summed E-state index contributed by atoms with van der Waals surface area (Å²) < 4.78 is 2.17. The summed E-state index contributed by atoms with van der Waals surface area (Å²) in [5.41, 5.74) is 4.23. The molecule has 3 aromatic rings. The quantitative estimate of drug-likeness (QED) is 0.449. The highest BCUT2D eigenvalue weighted by molar-refractivity contribution is 5.81. The third-order valence-electron chi connectivity index (χ3n) is 5.49. The van der Waals surface area contributed by atoms with Gasteiger partial charge < -0.3 is 24.9 Å². The van der Waals surface area contributed by atoms with Gasteiger partial charge in [-0.3, -0.25) is 9.59 Å². The van der Waals surface area contributed by atoms with Gasteiger partial charge in [-0.1, -0.05) is 19.9 Å². The minimum atomic E-state index is -0.830. The van der Waals surface area contributed by atoms with Crippen LogP contribution in [-0.4, -0.2) is 57.2 Å². The fourth-order valence-electron chi connectivity index (χ4n) is 3.74. The molecule has 8 heteroatoms. The number of H-pyrrole nitrogens is 1. The van der Waals surface area contributed by atoms with Gasteiger partial charge >= 0.3 is 5.97 Å². The largest absolute Gasteiger partial charge is 0.480 e. The first-order chi connectivity index (χ1) is 15.2. The van der Waals surface area contributed by atoms with E-state index >= 15 is 0 Å². The minimum absolute atomic E-state index is 0.104. The van der Waals surface area contributed by atoms with E-state index in [1.54, 1.807) is 13.1 Å². The second-order valence-corrected chi connectivity index (χ2v) is 9.02. The van der Waals surface area contributed by atoms with E-state index in [1.807, 2.05) is 52.2 Å². The van der Waals surface area contributed by atoms with Crippen LogP contribution in [0.2, 0.25) is 0 Å². The Balaban J connectivity index is 1.95. The molecule has 2 aromatic heterocycles. The number of nitrogens with one attached hydrogen (secondary N) is 2. The van der Waals surface area contributed by atoms with E-state index in [1.165, 1.54) is 0 Å². The summed E-state index contributed by atoms with van der Waals surface area (Å²) in [7, 11) is 4.06. The van der Waals surface area contributed by atoms with Crippen molar-refractivity contribution in [2.75, 3.05) is 20.6 Å². The highest BCUT2D eigenvalue weighted by Crippen LogP contribution is 2.25. The van der Waals surface area contributed by atoms with Crippen molar-refractivity contribution in [3.05, 3.63) is 51.9 Å². The highest BCUT2D eigenvalue weighted by Gasteiger charge is 2.19. The van der Waals surface area contributed by atoms with Crippen LogP contribution in [0.15, 0.2) is 35.3 Å². The number of carboxylic acid groups (broad SMARTS) is 1. The van der Waals surface area contributed by atoms with Crippen molar-refractivity contribution >= 4 is 17.0 Å². The molecule has 0 spiro atoms.